The molecule has 29 heavy (non-hydrogen) atoms. The van der Waals surface area contributed by atoms with Gasteiger partial charge >= 0.3 is 0 Å². The number of imide groups is 1. The van der Waals surface area contributed by atoms with Gasteiger partial charge < -0.3 is 4.90 Å². The lowest BCUT2D eigenvalue weighted by Crippen LogP contribution is -2.42. The molecule has 0 spiro atoms. The fraction of sp³-hybridized carbons (Fsp3) is 0.211. The summed E-state index contributed by atoms with van der Waals surface area (Å²) in [7, 11) is 1.51. The molecule has 1 unspecified atom stereocenters. The minimum atomic E-state index is -0.865. The van der Waals surface area contributed by atoms with E-state index in [2.05, 4.69) is 0 Å². The number of rotatable bonds is 5. The number of benzene rings is 2. The van der Waals surface area contributed by atoms with Crippen molar-refractivity contribution in [3.8, 4) is 0 Å². The van der Waals surface area contributed by atoms with E-state index < -0.39 is 40.9 Å². The highest BCUT2D eigenvalue weighted by molar-refractivity contribution is 6.35. The van der Waals surface area contributed by atoms with E-state index in [4.69, 9.17) is 23.2 Å². The van der Waals surface area contributed by atoms with E-state index in [1.807, 2.05) is 0 Å². The largest absolute Gasteiger partial charge is 0.337 e. The van der Waals surface area contributed by atoms with Crippen LogP contribution in [0.5, 0.6) is 0 Å². The molecule has 8 nitrogen and oxygen atoms in total. The standard InChI is InChI=1S/C19H15Cl2N3O5/c1-10(12-7-6-11(20)8-14(12)21)22(2)16(25)9-23-18(26)13-4-3-5-15(24(28)29)17(13)19(23)27/h3-8,10H,9H2,1-2H3. The molecule has 0 saturated carbocycles. The maximum atomic E-state index is 12.7. The molecular weight excluding hydrogens is 421 g/mol. The fourth-order valence-electron chi connectivity index (χ4n) is 3.12. The van der Waals surface area contributed by atoms with Crippen molar-refractivity contribution >= 4 is 46.6 Å². The topological polar surface area (TPSA) is 101 Å². The number of nitrogens with zero attached hydrogens (tertiary/aromatic N) is 3. The number of likely N-dealkylation sites (N-methyl/N-ethyl adjacent to an activating group) is 1. The molecule has 0 N–H and O–H groups in total. The maximum absolute atomic E-state index is 12.7. The number of carbonyl (C=O) groups is 3. The Hall–Kier alpha value is -2.97. The van der Waals surface area contributed by atoms with Gasteiger partial charge in [-0.3, -0.25) is 29.4 Å². The van der Waals surface area contributed by atoms with Gasteiger partial charge in [-0.2, -0.15) is 0 Å². The molecule has 1 atom stereocenters. The summed E-state index contributed by atoms with van der Waals surface area (Å²) in [4.78, 5) is 50.4. The lowest BCUT2D eigenvalue weighted by molar-refractivity contribution is -0.385. The molecule has 3 rings (SSSR count). The van der Waals surface area contributed by atoms with Gasteiger partial charge in [0.15, 0.2) is 0 Å². The number of halogens is 2. The zero-order chi connectivity index (χ0) is 21.5. The summed E-state index contributed by atoms with van der Waals surface area (Å²) >= 11 is 12.1. The van der Waals surface area contributed by atoms with Gasteiger partial charge in [0.25, 0.3) is 17.5 Å². The third kappa shape index (κ3) is 3.68. The average molecular weight is 436 g/mol. The van der Waals surface area contributed by atoms with Crippen LogP contribution in [0.25, 0.3) is 0 Å². The summed E-state index contributed by atoms with van der Waals surface area (Å²) in [6.45, 7) is 1.19. The molecule has 150 valence electrons. The third-order valence-corrected chi connectivity index (χ3v) is 5.42. The first-order valence-corrected chi connectivity index (χ1v) is 9.23. The Balaban J connectivity index is 1.82. The van der Waals surface area contributed by atoms with Crippen molar-refractivity contribution in [2.45, 2.75) is 13.0 Å². The number of amides is 3. The van der Waals surface area contributed by atoms with Crippen molar-refractivity contribution < 1.29 is 19.3 Å². The zero-order valence-electron chi connectivity index (χ0n) is 15.4. The SMILES string of the molecule is CC(c1ccc(Cl)cc1Cl)N(C)C(=O)CN1C(=O)c2cccc([N+](=O)[O-])c2C1=O. The Kier molecular flexibility index (Phi) is 5.59. The monoisotopic (exact) mass is 435 g/mol. The van der Waals surface area contributed by atoms with Crippen LogP contribution in [0.2, 0.25) is 10.0 Å². The number of carbonyl (C=O) groups excluding carboxylic acids is 3. The molecule has 3 amide bonds. The predicted octanol–water partition coefficient (Wildman–Crippen LogP) is 3.72. The van der Waals surface area contributed by atoms with Crippen molar-refractivity contribution in [1.29, 1.82) is 0 Å². The van der Waals surface area contributed by atoms with Crippen LogP contribution in [0.15, 0.2) is 36.4 Å². The van der Waals surface area contributed by atoms with Crippen molar-refractivity contribution in [2.75, 3.05) is 13.6 Å². The second-order valence-electron chi connectivity index (χ2n) is 6.50. The Morgan fingerprint density at radius 3 is 2.52 bits per heavy atom. The number of hydrogen-bond donors (Lipinski definition) is 0. The molecule has 1 heterocycles. The van der Waals surface area contributed by atoms with Gasteiger partial charge in [0.05, 0.1) is 16.5 Å². The van der Waals surface area contributed by atoms with Crippen LogP contribution in [-0.4, -0.2) is 46.0 Å². The highest BCUT2D eigenvalue weighted by Crippen LogP contribution is 2.32. The van der Waals surface area contributed by atoms with Gasteiger partial charge in [-0.05, 0) is 30.7 Å². The van der Waals surface area contributed by atoms with E-state index in [-0.39, 0.29) is 11.1 Å². The van der Waals surface area contributed by atoms with Crippen LogP contribution in [0.4, 0.5) is 5.69 Å². The molecule has 0 fully saturated rings. The summed E-state index contributed by atoms with van der Waals surface area (Å²) < 4.78 is 0. The van der Waals surface area contributed by atoms with Gasteiger partial charge in [0, 0.05) is 23.2 Å². The minimum absolute atomic E-state index is 0.0894. The molecule has 0 aliphatic carbocycles. The van der Waals surface area contributed by atoms with Crippen molar-refractivity contribution in [1.82, 2.24) is 9.80 Å². The van der Waals surface area contributed by atoms with Crippen LogP contribution in [0.3, 0.4) is 0 Å². The number of hydrogen-bond acceptors (Lipinski definition) is 5. The van der Waals surface area contributed by atoms with E-state index in [1.54, 1.807) is 25.1 Å². The smallest absolute Gasteiger partial charge is 0.282 e. The maximum Gasteiger partial charge on any atom is 0.282 e. The summed E-state index contributed by atoms with van der Waals surface area (Å²) in [5.41, 5.74) is -0.212. The second kappa shape index (κ2) is 7.81. The van der Waals surface area contributed by atoms with Gasteiger partial charge in [0.2, 0.25) is 5.91 Å². The van der Waals surface area contributed by atoms with Gasteiger partial charge in [-0.1, -0.05) is 35.3 Å². The minimum Gasteiger partial charge on any atom is -0.337 e. The lowest BCUT2D eigenvalue weighted by Gasteiger charge is -2.27. The van der Waals surface area contributed by atoms with Gasteiger partial charge in [0.1, 0.15) is 12.1 Å². The van der Waals surface area contributed by atoms with Crippen molar-refractivity contribution in [3.05, 3.63) is 73.2 Å². The van der Waals surface area contributed by atoms with Crippen LogP contribution in [0.1, 0.15) is 39.2 Å². The van der Waals surface area contributed by atoms with E-state index in [0.717, 1.165) is 6.07 Å². The summed E-state index contributed by atoms with van der Waals surface area (Å²) in [5.74, 6) is -2.13. The summed E-state index contributed by atoms with van der Waals surface area (Å²) in [6.07, 6.45) is 0. The predicted molar refractivity (Wildman–Crippen MR) is 106 cm³/mol. The van der Waals surface area contributed by atoms with Crippen LogP contribution >= 0.6 is 23.2 Å². The molecule has 0 bridgehead atoms. The van der Waals surface area contributed by atoms with Crippen LogP contribution in [-0.2, 0) is 4.79 Å². The molecule has 2 aromatic rings. The highest BCUT2D eigenvalue weighted by Gasteiger charge is 2.42. The fourth-order valence-corrected chi connectivity index (χ4v) is 3.69. The Labute approximate surface area is 175 Å². The first-order chi connectivity index (χ1) is 13.6. The molecule has 2 aromatic carbocycles. The quantitative estimate of drug-likeness (QED) is 0.404. The van der Waals surface area contributed by atoms with Crippen LogP contribution < -0.4 is 0 Å². The molecule has 10 heteroatoms. The lowest BCUT2D eigenvalue weighted by atomic mass is 10.1. The normalized spacial score (nSPS) is 14.0. The van der Waals surface area contributed by atoms with E-state index in [1.165, 1.54) is 24.1 Å². The van der Waals surface area contributed by atoms with E-state index in [9.17, 15) is 24.5 Å². The van der Waals surface area contributed by atoms with Crippen molar-refractivity contribution in [3.63, 3.8) is 0 Å². The average Bonchev–Trinajstić information content (AvgIpc) is 2.91. The molecule has 1 aliphatic heterocycles. The number of nitro groups is 1. The summed E-state index contributed by atoms with van der Waals surface area (Å²) in [5, 5.41) is 12.0. The molecule has 0 radical (unpaired) electrons. The third-order valence-electron chi connectivity index (χ3n) is 4.85. The number of fused-ring (bicyclic) bond motifs is 1. The first kappa shape index (κ1) is 20.8. The molecule has 0 aromatic heterocycles. The molecular formula is C19H15Cl2N3O5. The summed E-state index contributed by atoms with van der Waals surface area (Å²) in [6, 6.07) is 8.21. The zero-order valence-corrected chi connectivity index (χ0v) is 16.9. The second-order valence-corrected chi connectivity index (χ2v) is 7.34. The Morgan fingerprint density at radius 2 is 1.90 bits per heavy atom. The van der Waals surface area contributed by atoms with Crippen LogP contribution in [0, 0.1) is 10.1 Å². The Morgan fingerprint density at radius 1 is 1.21 bits per heavy atom. The Bertz CT molecular complexity index is 1060. The molecule has 0 saturated heterocycles. The van der Waals surface area contributed by atoms with Gasteiger partial charge in [-0.25, -0.2) is 0 Å². The van der Waals surface area contributed by atoms with Crippen molar-refractivity contribution in [2.24, 2.45) is 0 Å². The highest BCUT2D eigenvalue weighted by atomic mass is 35.5. The van der Waals surface area contributed by atoms with Gasteiger partial charge in [-0.15, -0.1) is 0 Å². The first-order valence-electron chi connectivity index (χ1n) is 8.47. The van der Waals surface area contributed by atoms with E-state index >= 15 is 0 Å². The van der Waals surface area contributed by atoms with E-state index in [0.29, 0.717) is 20.5 Å². The molecule has 1 aliphatic rings. The number of nitro benzene ring substituents is 1.